The Hall–Kier alpha value is -0.130. The molecule has 0 radical (unpaired) electrons. The van der Waals surface area contributed by atoms with Gasteiger partial charge in [-0.25, -0.2) is 8.42 Å². The zero-order chi connectivity index (χ0) is 13.7. The lowest BCUT2D eigenvalue weighted by Crippen LogP contribution is -2.40. The van der Waals surface area contributed by atoms with Crippen molar-refractivity contribution in [2.75, 3.05) is 18.1 Å². The Kier molecular flexibility index (Phi) is 5.66. The van der Waals surface area contributed by atoms with Gasteiger partial charge in [-0.2, -0.15) is 0 Å². The van der Waals surface area contributed by atoms with Gasteiger partial charge in [0.2, 0.25) is 0 Å². The molecule has 0 amide bonds. The number of hydrogen-bond acceptors (Lipinski definition) is 4. The number of nitrogens with one attached hydrogen (secondary N) is 1. The normalized spacial score (nSPS) is 35.1. The van der Waals surface area contributed by atoms with Gasteiger partial charge in [0.1, 0.15) is 0 Å². The fraction of sp³-hybridized carbons (Fsp3) is 1.00. The van der Waals surface area contributed by atoms with Crippen LogP contribution in [0, 0.1) is 5.92 Å². The SMILES string of the molecule is O=S1(=O)CCCC(NCCCC2CCCCC2O)C1. The van der Waals surface area contributed by atoms with Crippen LogP contribution in [-0.4, -0.2) is 43.7 Å². The summed E-state index contributed by atoms with van der Waals surface area (Å²) in [5.74, 6) is 1.13. The monoisotopic (exact) mass is 289 g/mol. The summed E-state index contributed by atoms with van der Waals surface area (Å²) in [5, 5.41) is 13.3. The fourth-order valence-corrected chi connectivity index (χ4v) is 5.05. The first-order valence-corrected chi connectivity index (χ1v) is 9.51. The molecule has 3 atom stereocenters. The van der Waals surface area contributed by atoms with Crippen LogP contribution in [0.15, 0.2) is 0 Å². The zero-order valence-electron chi connectivity index (χ0n) is 11.7. The van der Waals surface area contributed by atoms with E-state index in [9.17, 15) is 13.5 Å². The number of aliphatic hydroxyl groups is 1. The Bertz CT molecular complexity index is 369. The second-order valence-electron chi connectivity index (χ2n) is 6.16. The van der Waals surface area contributed by atoms with E-state index >= 15 is 0 Å². The number of hydrogen-bond donors (Lipinski definition) is 2. The lowest BCUT2D eigenvalue weighted by Gasteiger charge is -2.28. The summed E-state index contributed by atoms with van der Waals surface area (Å²) in [6.45, 7) is 0.878. The highest BCUT2D eigenvalue weighted by Crippen LogP contribution is 2.27. The van der Waals surface area contributed by atoms with Crippen LogP contribution in [0.4, 0.5) is 0 Å². The minimum atomic E-state index is -2.80. The van der Waals surface area contributed by atoms with Crippen molar-refractivity contribution in [2.24, 2.45) is 5.92 Å². The average Bonchev–Trinajstić information content (AvgIpc) is 2.35. The van der Waals surface area contributed by atoms with Crippen molar-refractivity contribution in [3.8, 4) is 0 Å². The Morgan fingerprint density at radius 1 is 1.11 bits per heavy atom. The number of sulfone groups is 1. The summed E-state index contributed by atoms with van der Waals surface area (Å²) in [6.07, 6.45) is 8.28. The van der Waals surface area contributed by atoms with E-state index in [1.807, 2.05) is 0 Å². The van der Waals surface area contributed by atoms with Crippen molar-refractivity contribution in [1.29, 1.82) is 0 Å². The standard InChI is InChI=1S/C14H27NO3S/c16-14-8-2-1-5-12(14)6-3-9-15-13-7-4-10-19(17,18)11-13/h12-16H,1-11H2. The van der Waals surface area contributed by atoms with Crippen molar-refractivity contribution < 1.29 is 13.5 Å². The minimum Gasteiger partial charge on any atom is -0.393 e. The van der Waals surface area contributed by atoms with Crippen LogP contribution >= 0.6 is 0 Å². The number of rotatable bonds is 5. The maximum Gasteiger partial charge on any atom is 0.151 e. The Morgan fingerprint density at radius 3 is 2.63 bits per heavy atom. The van der Waals surface area contributed by atoms with Gasteiger partial charge in [-0.1, -0.05) is 12.8 Å². The van der Waals surface area contributed by atoms with Crippen LogP contribution in [0.1, 0.15) is 51.4 Å². The summed E-state index contributed by atoms with van der Waals surface area (Å²) >= 11 is 0. The molecule has 1 aliphatic heterocycles. The predicted octanol–water partition coefficient (Wildman–Crippen LogP) is 1.48. The van der Waals surface area contributed by atoms with Crippen LogP contribution < -0.4 is 5.32 Å². The molecule has 3 unspecified atom stereocenters. The molecule has 0 aromatic carbocycles. The van der Waals surface area contributed by atoms with Crippen LogP contribution in [0.2, 0.25) is 0 Å². The molecular weight excluding hydrogens is 262 g/mol. The summed E-state index contributed by atoms with van der Waals surface area (Å²) in [6, 6.07) is 0.148. The van der Waals surface area contributed by atoms with Gasteiger partial charge in [-0.3, -0.25) is 0 Å². The maximum atomic E-state index is 11.5. The first kappa shape index (κ1) is 15.3. The van der Waals surface area contributed by atoms with Gasteiger partial charge in [0.25, 0.3) is 0 Å². The molecule has 5 heteroatoms. The van der Waals surface area contributed by atoms with Crippen molar-refractivity contribution >= 4 is 9.84 Å². The molecule has 1 aliphatic carbocycles. The molecule has 1 saturated heterocycles. The van der Waals surface area contributed by atoms with Gasteiger partial charge >= 0.3 is 0 Å². The molecule has 2 fully saturated rings. The molecular formula is C14H27NO3S. The highest BCUT2D eigenvalue weighted by molar-refractivity contribution is 7.91. The molecule has 2 N–H and O–H groups in total. The molecule has 0 aromatic rings. The Labute approximate surface area is 116 Å². The molecule has 4 nitrogen and oxygen atoms in total. The highest BCUT2D eigenvalue weighted by atomic mass is 32.2. The molecule has 0 spiro atoms. The van der Waals surface area contributed by atoms with E-state index in [1.54, 1.807) is 0 Å². The molecule has 0 aromatic heterocycles. The predicted molar refractivity (Wildman–Crippen MR) is 76.9 cm³/mol. The first-order valence-electron chi connectivity index (χ1n) is 7.69. The third-order valence-corrected chi connectivity index (χ3v) is 6.34. The molecule has 19 heavy (non-hydrogen) atoms. The van der Waals surface area contributed by atoms with E-state index in [4.69, 9.17) is 0 Å². The van der Waals surface area contributed by atoms with Crippen molar-refractivity contribution in [3.63, 3.8) is 0 Å². The van der Waals surface area contributed by atoms with Gasteiger partial charge in [0.15, 0.2) is 9.84 Å². The topological polar surface area (TPSA) is 66.4 Å². The molecule has 1 heterocycles. The van der Waals surface area contributed by atoms with Crippen LogP contribution in [0.25, 0.3) is 0 Å². The van der Waals surface area contributed by atoms with Gasteiger partial charge in [0.05, 0.1) is 17.6 Å². The van der Waals surface area contributed by atoms with E-state index in [-0.39, 0.29) is 12.1 Å². The van der Waals surface area contributed by atoms with E-state index in [1.165, 1.54) is 6.42 Å². The molecule has 2 aliphatic rings. The Morgan fingerprint density at radius 2 is 1.89 bits per heavy atom. The first-order chi connectivity index (χ1) is 9.07. The highest BCUT2D eigenvalue weighted by Gasteiger charge is 2.25. The third-order valence-electron chi connectivity index (χ3n) is 4.52. The molecule has 1 saturated carbocycles. The van der Waals surface area contributed by atoms with Crippen LogP contribution in [0.3, 0.4) is 0 Å². The van der Waals surface area contributed by atoms with Crippen molar-refractivity contribution in [1.82, 2.24) is 5.32 Å². The van der Waals surface area contributed by atoms with E-state index in [2.05, 4.69) is 5.32 Å². The lowest BCUT2D eigenvalue weighted by atomic mass is 9.83. The van der Waals surface area contributed by atoms with E-state index in [0.717, 1.165) is 51.5 Å². The maximum absolute atomic E-state index is 11.5. The van der Waals surface area contributed by atoms with Gasteiger partial charge in [-0.15, -0.1) is 0 Å². The van der Waals surface area contributed by atoms with Crippen LogP contribution in [-0.2, 0) is 9.84 Å². The largest absolute Gasteiger partial charge is 0.393 e. The quantitative estimate of drug-likeness (QED) is 0.753. The van der Waals surface area contributed by atoms with Gasteiger partial charge in [-0.05, 0) is 51.0 Å². The molecule has 112 valence electrons. The second kappa shape index (κ2) is 7.04. The summed E-state index contributed by atoms with van der Waals surface area (Å²) < 4.78 is 23.0. The second-order valence-corrected chi connectivity index (χ2v) is 8.39. The molecule has 2 rings (SSSR count). The number of aliphatic hydroxyl groups excluding tert-OH is 1. The lowest BCUT2D eigenvalue weighted by molar-refractivity contribution is 0.0642. The summed E-state index contributed by atoms with van der Waals surface area (Å²) in [5.41, 5.74) is 0. The van der Waals surface area contributed by atoms with Crippen molar-refractivity contribution in [2.45, 2.75) is 63.5 Å². The summed E-state index contributed by atoms with van der Waals surface area (Å²) in [4.78, 5) is 0. The molecule has 0 bridgehead atoms. The smallest absolute Gasteiger partial charge is 0.151 e. The Balaban J connectivity index is 1.61. The van der Waals surface area contributed by atoms with Crippen LogP contribution in [0.5, 0.6) is 0 Å². The van der Waals surface area contributed by atoms with Gasteiger partial charge in [0, 0.05) is 6.04 Å². The van der Waals surface area contributed by atoms with Gasteiger partial charge < -0.3 is 10.4 Å². The zero-order valence-corrected chi connectivity index (χ0v) is 12.5. The minimum absolute atomic E-state index is 0.108. The van der Waals surface area contributed by atoms with E-state index < -0.39 is 9.84 Å². The summed E-state index contributed by atoms with van der Waals surface area (Å²) in [7, 11) is -2.80. The van der Waals surface area contributed by atoms with Crippen molar-refractivity contribution in [3.05, 3.63) is 0 Å². The fourth-order valence-electron chi connectivity index (χ4n) is 3.38. The third kappa shape index (κ3) is 5.04. The van der Waals surface area contributed by atoms with E-state index in [0.29, 0.717) is 17.4 Å². The average molecular weight is 289 g/mol.